The van der Waals surface area contributed by atoms with Gasteiger partial charge < -0.3 is 51.5 Å². The van der Waals surface area contributed by atoms with E-state index in [0.717, 1.165) is 6.92 Å². The highest BCUT2D eigenvalue weighted by Crippen LogP contribution is 2.46. The molecule has 4 heterocycles. The number of nitrogens with two attached hydrogens (primary N) is 1. The molecule has 18 nitrogen and oxygen atoms in total. The molecule has 0 fully saturated rings. The van der Waals surface area contributed by atoms with Gasteiger partial charge in [-0.2, -0.15) is 0 Å². The van der Waals surface area contributed by atoms with Crippen LogP contribution in [0.4, 0.5) is 8.78 Å². The molecule has 5 amide bonds. The van der Waals surface area contributed by atoms with Crippen LogP contribution in [0.25, 0.3) is 22.3 Å². The van der Waals surface area contributed by atoms with E-state index in [-0.39, 0.29) is 61.3 Å². The first-order valence-electron chi connectivity index (χ1n) is 20.7. The third kappa shape index (κ3) is 8.80. The van der Waals surface area contributed by atoms with Crippen LogP contribution in [-0.2, 0) is 69.8 Å². The van der Waals surface area contributed by atoms with E-state index >= 15 is 8.78 Å². The van der Waals surface area contributed by atoms with Crippen molar-refractivity contribution < 1.29 is 52.1 Å². The largest absolute Gasteiger partial charge is 0.458 e. The summed E-state index contributed by atoms with van der Waals surface area (Å²) in [7, 11) is 0. The third-order valence-electron chi connectivity index (χ3n) is 11.9. The van der Waals surface area contributed by atoms with Crippen LogP contribution in [0.2, 0.25) is 0 Å². The Kier molecular flexibility index (Phi) is 12.9. The standard InChI is InChI=1S/C44H48F2N8O10/c1-4-44(62)27-13-32-38-25(18-54(32)40(59)26(27)19-64-42(44)61)37-29(11-10-24-22(2)28(45)14-30(52-38)36(24)37)53-41(60)43(3,46)20-63-21-50-34(56)16-49-39(58)31(12-23-8-6-5-7-9-23)51-35(57)17-48-33(55)15-47/h5-9,13-14,29,31,62H,4,10-12,15-21,47H2,1-3H3,(H,48,55)(H,49,58)(H,50,56)(H,51,57)(H,53,60)/t29-,31-,43+,44-/m0/s1. The lowest BCUT2D eigenvalue weighted by atomic mass is 9.81. The lowest BCUT2D eigenvalue weighted by Gasteiger charge is -2.31. The minimum absolute atomic E-state index is 0.0108. The second-order valence-corrected chi connectivity index (χ2v) is 16.2. The van der Waals surface area contributed by atoms with Gasteiger partial charge in [0.15, 0.2) is 5.60 Å². The molecule has 7 rings (SSSR count). The highest BCUT2D eigenvalue weighted by molar-refractivity contribution is 5.95. The number of hydrogen-bond donors (Lipinski definition) is 7. The summed E-state index contributed by atoms with van der Waals surface area (Å²) in [5.41, 5.74) is 3.91. The maximum Gasteiger partial charge on any atom is 0.343 e. The molecule has 0 radical (unpaired) electrons. The zero-order valence-electron chi connectivity index (χ0n) is 35.3. The van der Waals surface area contributed by atoms with Crippen molar-refractivity contribution in [3.8, 4) is 11.4 Å². The average Bonchev–Trinajstić information content (AvgIpc) is 3.65. The molecular weight excluding hydrogens is 839 g/mol. The summed E-state index contributed by atoms with van der Waals surface area (Å²) in [6.45, 7) is 1.27. The van der Waals surface area contributed by atoms with Gasteiger partial charge in [-0.05, 0) is 61.4 Å². The molecule has 0 saturated heterocycles. The second-order valence-electron chi connectivity index (χ2n) is 16.2. The summed E-state index contributed by atoms with van der Waals surface area (Å²) < 4.78 is 43.4. The summed E-state index contributed by atoms with van der Waals surface area (Å²) in [5.74, 6) is -5.07. The predicted octanol–water partition coefficient (Wildman–Crippen LogP) is 0.368. The van der Waals surface area contributed by atoms with Gasteiger partial charge in [0, 0.05) is 29.0 Å². The number of aromatic nitrogens is 2. The van der Waals surface area contributed by atoms with Crippen molar-refractivity contribution in [3.05, 3.63) is 97.6 Å². The number of ether oxygens (including phenoxy) is 2. The topological polar surface area (TPSA) is 262 Å². The number of benzene rings is 2. The van der Waals surface area contributed by atoms with Crippen molar-refractivity contribution in [1.29, 1.82) is 0 Å². The van der Waals surface area contributed by atoms with E-state index in [1.54, 1.807) is 44.2 Å². The number of alkyl halides is 1. The van der Waals surface area contributed by atoms with Gasteiger partial charge in [0.05, 0.1) is 61.3 Å². The zero-order valence-corrected chi connectivity index (χ0v) is 35.3. The minimum Gasteiger partial charge on any atom is -0.458 e. The van der Waals surface area contributed by atoms with Crippen molar-refractivity contribution in [3.63, 3.8) is 0 Å². The molecule has 0 spiro atoms. The Morgan fingerprint density at radius 3 is 2.50 bits per heavy atom. The van der Waals surface area contributed by atoms with E-state index in [1.807, 2.05) is 0 Å². The van der Waals surface area contributed by atoms with Gasteiger partial charge in [-0.15, -0.1) is 0 Å². The Balaban J connectivity index is 1.01. The van der Waals surface area contributed by atoms with Crippen LogP contribution in [0.1, 0.15) is 71.7 Å². The first kappa shape index (κ1) is 45.4. The van der Waals surface area contributed by atoms with Crippen molar-refractivity contribution in [2.75, 3.05) is 33.0 Å². The Morgan fingerprint density at radius 2 is 1.78 bits per heavy atom. The van der Waals surface area contributed by atoms with Gasteiger partial charge in [-0.1, -0.05) is 37.3 Å². The third-order valence-corrected chi connectivity index (χ3v) is 11.9. The number of carbonyl (C=O) groups is 6. The molecule has 1 aliphatic carbocycles. The average molecular weight is 887 g/mol. The predicted molar refractivity (Wildman–Crippen MR) is 224 cm³/mol. The number of halogens is 2. The van der Waals surface area contributed by atoms with Gasteiger partial charge in [0.2, 0.25) is 29.3 Å². The molecule has 4 atom stereocenters. The summed E-state index contributed by atoms with van der Waals surface area (Å²) in [5, 5.41) is 24.3. The van der Waals surface area contributed by atoms with E-state index < -0.39 is 96.7 Å². The molecule has 20 heteroatoms. The highest BCUT2D eigenvalue weighted by Gasteiger charge is 2.46. The maximum absolute atomic E-state index is 16.1. The number of rotatable bonds is 16. The number of aliphatic hydroxyl groups is 1. The number of nitrogens with one attached hydrogen (secondary N) is 5. The maximum atomic E-state index is 16.1. The Bertz CT molecular complexity index is 2640. The number of nitrogens with zero attached hydrogens (tertiary/aromatic N) is 2. The van der Waals surface area contributed by atoms with Crippen LogP contribution in [0, 0.1) is 12.7 Å². The van der Waals surface area contributed by atoms with Crippen molar-refractivity contribution >= 4 is 46.4 Å². The Morgan fingerprint density at radius 1 is 1.05 bits per heavy atom. The molecule has 0 saturated carbocycles. The summed E-state index contributed by atoms with van der Waals surface area (Å²) in [4.78, 5) is 94.8. The summed E-state index contributed by atoms with van der Waals surface area (Å²) in [6.07, 6.45) is 0.567. The summed E-state index contributed by atoms with van der Waals surface area (Å²) in [6, 6.07) is 9.64. The van der Waals surface area contributed by atoms with Crippen LogP contribution in [0.5, 0.6) is 0 Å². The molecule has 0 unspecified atom stereocenters. The summed E-state index contributed by atoms with van der Waals surface area (Å²) >= 11 is 0. The van der Waals surface area contributed by atoms with Crippen molar-refractivity contribution in [2.45, 2.75) is 83.0 Å². The number of esters is 1. The molecule has 2 aromatic heterocycles. The van der Waals surface area contributed by atoms with Crippen molar-refractivity contribution in [1.82, 2.24) is 36.1 Å². The van der Waals surface area contributed by atoms with E-state index in [4.69, 9.17) is 20.2 Å². The smallest absolute Gasteiger partial charge is 0.343 e. The number of hydrogen-bond acceptors (Lipinski definition) is 12. The molecule has 2 aromatic carbocycles. The van der Waals surface area contributed by atoms with Crippen LogP contribution in [0.15, 0.2) is 47.3 Å². The van der Waals surface area contributed by atoms with E-state index in [0.29, 0.717) is 45.3 Å². The van der Waals surface area contributed by atoms with Crippen LogP contribution >= 0.6 is 0 Å². The second kappa shape index (κ2) is 18.2. The van der Waals surface area contributed by atoms with Gasteiger partial charge >= 0.3 is 5.97 Å². The van der Waals surface area contributed by atoms with Gasteiger partial charge in [0.25, 0.3) is 11.5 Å². The number of cyclic esters (lactones) is 1. The molecule has 0 bridgehead atoms. The fourth-order valence-electron chi connectivity index (χ4n) is 8.36. The number of pyridine rings is 2. The van der Waals surface area contributed by atoms with E-state index in [2.05, 4.69) is 26.6 Å². The monoisotopic (exact) mass is 886 g/mol. The lowest BCUT2D eigenvalue weighted by Crippen LogP contribution is -2.52. The van der Waals surface area contributed by atoms with Gasteiger partial charge in [-0.25, -0.2) is 18.6 Å². The molecule has 64 heavy (non-hydrogen) atoms. The minimum atomic E-state index is -2.63. The zero-order chi connectivity index (χ0) is 46.1. The number of carbonyl (C=O) groups excluding carboxylic acids is 6. The molecule has 3 aliphatic rings. The SMILES string of the molecule is CC[C@@]1(O)C(=O)OCc2c1cc1n(c2=O)Cc2c-1nc1cc(F)c(C)c3c1c2[C@@H](NC(=O)[C@](C)(F)COCNC(=O)CNC(=O)[C@H](Cc1ccccc1)NC(=O)CNC(=O)CN)CC3. The fraction of sp³-hybridized carbons (Fsp3) is 0.409. The Hall–Kier alpha value is -6.64. The van der Waals surface area contributed by atoms with Crippen LogP contribution < -0.4 is 37.9 Å². The van der Waals surface area contributed by atoms with E-state index in [1.165, 1.54) is 16.7 Å². The highest BCUT2D eigenvalue weighted by atomic mass is 19.1. The fourth-order valence-corrected chi connectivity index (χ4v) is 8.36. The molecule has 4 aromatic rings. The molecule has 2 aliphatic heterocycles. The quantitative estimate of drug-likeness (QED) is 0.0403. The van der Waals surface area contributed by atoms with Gasteiger partial charge in [-0.3, -0.25) is 28.8 Å². The van der Waals surface area contributed by atoms with Crippen LogP contribution in [-0.4, -0.2) is 94.8 Å². The normalized spacial score (nSPS) is 18.4. The molecule has 8 N–H and O–H groups in total. The van der Waals surface area contributed by atoms with E-state index in [9.17, 15) is 38.7 Å². The Labute approximate surface area is 364 Å². The van der Waals surface area contributed by atoms with Crippen molar-refractivity contribution in [2.24, 2.45) is 5.73 Å². The van der Waals surface area contributed by atoms with Crippen LogP contribution in [0.3, 0.4) is 0 Å². The number of fused-ring (bicyclic) bond motifs is 5. The lowest BCUT2D eigenvalue weighted by molar-refractivity contribution is -0.172. The number of aryl methyl sites for hydroxylation is 1. The van der Waals surface area contributed by atoms with Gasteiger partial charge in [0.1, 0.15) is 25.2 Å². The molecular formula is C44H48F2N8O10. The first-order valence-corrected chi connectivity index (χ1v) is 20.7. The number of amides is 5. The first-order chi connectivity index (χ1) is 30.5. The molecule has 338 valence electrons.